The van der Waals surface area contributed by atoms with Crippen LogP contribution in [0.5, 0.6) is 5.75 Å². The summed E-state index contributed by atoms with van der Waals surface area (Å²) in [6.45, 7) is 2.48. The number of hydrogen-bond donors (Lipinski definition) is 0. The average Bonchev–Trinajstić information content (AvgIpc) is 2.55. The highest BCUT2D eigenvalue weighted by molar-refractivity contribution is 7.91. The first kappa shape index (κ1) is 20.9. The van der Waals surface area contributed by atoms with E-state index in [1.54, 1.807) is 14.0 Å². The number of nitrogens with zero attached hydrogens (tertiary/aromatic N) is 1. The third kappa shape index (κ3) is 6.39. The van der Waals surface area contributed by atoms with Gasteiger partial charge in [0.25, 0.3) is 0 Å². The Kier molecular flexibility index (Phi) is 8.14. The second-order valence-electron chi connectivity index (χ2n) is 5.23. The molecule has 0 aliphatic rings. The van der Waals surface area contributed by atoms with E-state index < -0.39 is 19.9 Å². The van der Waals surface area contributed by atoms with Crippen LogP contribution in [-0.2, 0) is 24.6 Å². The molecule has 24 heavy (non-hydrogen) atoms. The van der Waals surface area contributed by atoms with Crippen molar-refractivity contribution in [2.45, 2.75) is 18.2 Å². The molecule has 9 heteroatoms. The van der Waals surface area contributed by atoms with Gasteiger partial charge in [0.2, 0.25) is 10.0 Å². The Labute approximate surface area is 144 Å². The van der Waals surface area contributed by atoms with Gasteiger partial charge in [0.15, 0.2) is 9.84 Å². The van der Waals surface area contributed by atoms with Crippen molar-refractivity contribution in [3.05, 3.63) is 24.3 Å². The van der Waals surface area contributed by atoms with Crippen LogP contribution in [0.4, 0.5) is 0 Å². The van der Waals surface area contributed by atoms with Crippen LogP contribution < -0.4 is 4.74 Å². The highest BCUT2D eigenvalue weighted by Crippen LogP contribution is 2.19. The van der Waals surface area contributed by atoms with Crippen molar-refractivity contribution in [1.82, 2.24) is 4.31 Å². The normalized spacial score (nSPS) is 12.5. The van der Waals surface area contributed by atoms with Crippen LogP contribution >= 0.6 is 0 Å². The van der Waals surface area contributed by atoms with Crippen LogP contribution in [0.2, 0.25) is 0 Å². The summed E-state index contributed by atoms with van der Waals surface area (Å²) in [6, 6.07) is 5.94. The van der Waals surface area contributed by atoms with Crippen molar-refractivity contribution in [3.63, 3.8) is 0 Å². The quantitative estimate of drug-likeness (QED) is 0.536. The minimum atomic E-state index is -3.56. The molecule has 0 heterocycles. The van der Waals surface area contributed by atoms with Gasteiger partial charge in [0.1, 0.15) is 12.4 Å². The summed E-state index contributed by atoms with van der Waals surface area (Å²) in [5, 5.41) is 0. The van der Waals surface area contributed by atoms with Crippen molar-refractivity contribution in [3.8, 4) is 5.75 Å². The van der Waals surface area contributed by atoms with Crippen LogP contribution in [0.25, 0.3) is 0 Å². The van der Waals surface area contributed by atoms with Gasteiger partial charge >= 0.3 is 0 Å². The van der Waals surface area contributed by atoms with Gasteiger partial charge in [-0.25, -0.2) is 21.1 Å². The highest BCUT2D eigenvalue weighted by atomic mass is 32.2. The Balaban J connectivity index is 2.66. The van der Waals surface area contributed by atoms with Gasteiger partial charge in [-0.3, -0.25) is 0 Å². The van der Waals surface area contributed by atoms with E-state index in [-0.39, 0.29) is 23.0 Å². The maximum absolute atomic E-state index is 12.4. The Morgan fingerprint density at radius 2 is 1.67 bits per heavy atom. The van der Waals surface area contributed by atoms with Gasteiger partial charge in [-0.05, 0) is 30.7 Å². The van der Waals surface area contributed by atoms with Crippen LogP contribution in [0.3, 0.4) is 0 Å². The third-order valence-electron chi connectivity index (χ3n) is 3.46. The lowest BCUT2D eigenvalue weighted by Gasteiger charge is -2.17. The first-order valence-corrected chi connectivity index (χ1v) is 10.9. The number of benzene rings is 1. The van der Waals surface area contributed by atoms with Gasteiger partial charge < -0.3 is 9.47 Å². The Morgan fingerprint density at radius 3 is 2.21 bits per heavy atom. The number of ether oxygens (including phenoxy) is 2. The second-order valence-corrected chi connectivity index (χ2v) is 9.75. The molecule has 0 aliphatic heterocycles. The maximum Gasteiger partial charge on any atom is 0.242 e. The van der Waals surface area contributed by atoms with Crippen molar-refractivity contribution in [1.29, 1.82) is 0 Å². The van der Waals surface area contributed by atoms with Crippen LogP contribution in [0.1, 0.15) is 13.3 Å². The molecule has 0 aliphatic carbocycles. The Bertz CT molecular complexity index is 698. The van der Waals surface area contributed by atoms with Crippen molar-refractivity contribution in [2.24, 2.45) is 0 Å². The van der Waals surface area contributed by atoms with E-state index in [0.29, 0.717) is 25.3 Å². The van der Waals surface area contributed by atoms with Crippen molar-refractivity contribution >= 4 is 19.9 Å². The van der Waals surface area contributed by atoms with E-state index in [1.807, 2.05) is 0 Å². The monoisotopic (exact) mass is 379 g/mol. The molecular formula is C15H25NO6S2. The summed E-state index contributed by atoms with van der Waals surface area (Å²) in [7, 11) is -3.55. The Morgan fingerprint density at radius 1 is 1.04 bits per heavy atom. The fraction of sp³-hybridized carbons (Fsp3) is 0.600. The van der Waals surface area contributed by atoms with Crippen molar-refractivity contribution in [2.75, 3.05) is 45.4 Å². The van der Waals surface area contributed by atoms with E-state index in [9.17, 15) is 16.8 Å². The molecule has 0 unspecified atom stereocenters. The zero-order valence-electron chi connectivity index (χ0n) is 14.3. The molecule has 0 aromatic heterocycles. The molecule has 1 aromatic carbocycles. The third-order valence-corrected chi connectivity index (χ3v) is 7.00. The van der Waals surface area contributed by atoms with Gasteiger partial charge in [-0.1, -0.05) is 6.92 Å². The van der Waals surface area contributed by atoms with E-state index in [2.05, 4.69) is 0 Å². The molecule has 0 fully saturated rings. The summed E-state index contributed by atoms with van der Waals surface area (Å²) >= 11 is 0. The largest absolute Gasteiger partial charge is 0.493 e. The zero-order valence-corrected chi connectivity index (χ0v) is 15.9. The Hall–Kier alpha value is -1.16. The van der Waals surface area contributed by atoms with E-state index in [0.717, 1.165) is 0 Å². The molecule has 0 bridgehead atoms. The smallest absolute Gasteiger partial charge is 0.242 e. The molecule has 0 N–H and O–H groups in total. The molecule has 0 radical (unpaired) electrons. The van der Waals surface area contributed by atoms with Crippen molar-refractivity contribution < 1.29 is 26.3 Å². The minimum Gasteiger partial charge on any atom is -0.493 e. The van der Waals surface area contributed by atoms with Gasteiger partial charge in [-0.2, -0.15) is 0 Å². The van der Waals surface area contributed by atoms with Crippen LogP contribution in [0, 0.1) is 0 Å². The molecule has 138 valence electrons. The number of hydrogen-bond acceptors (Lipinski definition) is 6. The molecule has 0 saturated carbocycles. The highest BCUT2D eigenvalue weighted by Gasteiger charge is 2.20. The summed E-state index contributed by atoms with van der Waals surface area (Å²) in [5.74, 6) is 0.441. The van der Waals surface area contributed by atoms with Gasteiger partial charge in [0, 0.05) is 33.1 Å². The van der Waals surface area contributed by atoms with Crippen LogP contribution in [0.15, 0.2) is 29.2 Å². The zero-order chi connectivity index (χ0) is 18.2. The second kappa shape index (κ2) is 9.36. The topological polar surface area (TPSA) is 90.0 Å². The molecule has 1 aromatic rings. The van der Waals surface area contributed by atoms with Gasteiger partial charge in [0.05, 0.1) is 10.6 Å². The predicted molar refractivity (Wildman–Crippen MR) is 92.6 cm³/mol. The lowest BCUT2D eigenvalue weighted by molar-refractivity contribution is 0.189. The fourth-order valence-corrected chi connectivity index (χ4v) is 3.71. The molecule has 0 saturated heterocycles. The molecule has 0 spiro atoms. The number of methoxy groups -OCH3 is 1. The lowest BCUT2D eigenvalue weighted by Crippen LogP contribution is -2.28. The fourth-order valence-electron chi connectivity index (χ4n) is 1.87. The molecule has 0 amide bonds. The summed E-state index contributed by atoms with van der Waals surface area (Å²) in [4.78, 5) is 0.163. The average molecular weight is 380 g/mol. The molecular weight excluding hydrogens is 354 g/mol. The summed E-state index contributed by atoms with van der Waals surface area (Å²) in [6.07, 6.45) is 0.610. The molecule has 1 rings (SSSR count). The number of sulfone groups is 1. The molecule has 7 nitrogen and oxygen atoms in total. The lowest BCUT2D eigenvalue weighted by atomic mass is 10.3. The van der Waals surface area contributed by atoms with Crippen LogP contribution in [-0.4, -0.2) is 66.6 Å². The maximum atomic E-state index is 12.4. The molecule has 0 atom stereocenters. The summed E-state index contributed by atoms with van der Waals surface area (Å²) in [5.41, 5.74) is 0. The standard InChI is InChI=1S/C15H25NO6S2/c1-4-23(17,18)13-12-22-14-6-8-15(9-7-14)24(19,20)16(2)10-5-11-21-3/h6-9H,4-5,10-13H2,1-3H3. The van der Waals surface area contributed by atoms with E-state index >= 15 is 0 Å². The first-order chi connectivity index (χ1) is 11.2. The van der Waals surface area contributed by atoms with E-state index in [1.165, 1.54) is 35.6 Å². The summed E-state index contributed by atoms with van der Waals surface area (Å²) < 4.78 is 59.1. The first-order valence-electron chi connectivity index (χ1n) is 7.61. The minimum absolute atomic E-state index is 0.0409. The SMILES string of the molecule is CCS(=O)(=O)CCOc1ccc(S(=O)(=O)N(C)CCCOC)cc1. The predicted octanol–water partition coefficient (Wildman–Crippen LogP) is 1.16. The number of sulfonamides is 1. The number of rotatable bonds is 11. The van der Waals surface area contributed by atoms with E-state index in [4.69, 9.17) is 9.47 Å². The van der Waals surface area contributed by atoms with Gasteiger partial charge in [-0.15, -0.1) is 0 Å².